The van der Waals surface area contributed by atoms with E-state index in [-0.39, 0.29) is 11.2 Å². The molecule has 4 aromatic rings. The second-order valence-corrected chi connectivity index (χ2v) is 8.88. The van der Waals surface area contributed by atoms with Crippen LogP contribution in [-0.4, -0.2) is 31.5 Å². The zero-order valence-corrected chi connectivity index (χ0v) is 18.9. The molecule has 0 aliphatic carbocycles. The van der Waals surface area contributed by atoms with Gasteiger partial charge in [0.25, 0.3) is 5.56 Å². The number of thiophene rings is 1. The lowest BCUT2D eigenvalue weighted by Crippen LogP contribution is -2.38. The van der Waals surface area contributed by atoms with Gasteiger partial charge in [-0.05, 0) is 43.0 Å². The zero-order chi connectivity index (χ0) is 21.4. The highest BCUT2D eigenvalue weighted by Gasteiger charge is 2.19. The number of hydrogen-bond donors (Lipinski definition) is 1. The maximum absolute atomic E-state index is 12.9. The van der Waals surface area contributed by atoms with E-state index >= 15 is 0 Å². The fourth-order valence-corrected chi connectivity index (χ4v) is 5.03. The number of nitrogens with one attached hydrogen (secondary N) is 1. The monoisotopic (exact) mass is 441 g/mol. The van der Waals surface area contributed by atoms with Crippen LogP contribution in [0.25, 0.3) is 21.6 Å². The molecule has 0 saturated carbocycles. The smallest absolute Gasteiger partial charge is 0.332 e. The Morgan fingerprint density at radius 2 is 1.93 bits per heavy atom. The Hall–Kier alpha value is -2.78. The van der Waals surface area contributed by atoms with Crippen molar-refractivity contribution in [1.29, 1.82) is 0 Å². The van der Waals surface area contributed by atoms with Gasteiger partial charge in [-0.1, -0.05) is 23.9 Å². The molecule has 7 nitrogen and oxygen atoms in total. The van der Waals surface area contributed by atoms with Crippen LogP contribution >= 0.6 is 23.1 Å². The summed E-state index contributed by atoms with van der Waals surface area (Å²) in [7, 11) is 3.32. The van der Waals surface area contributed by atoms with Crippen LogP contribution in [0.15, 0.2) is 51.1 Å². The molecule has 0 fully saturated rings. The maximum Gasteiger partial charge on any atom is 0.332 e. The van der Waals surface area contributed by atoms with Crippen LogP contribution in [0.5, 0.6) is 0 Å². The second-order valence-electron chi connectivity index (χ2n) is 6.94. The fourth-order valence-electron chi connectivity index (χ4n) is 3.49. The third kappa shape index (κ3) is 3.48. The molecule has 0 spiro atoms. The zero-order valence-electron chi connectivity index (χ0n) is 17.3. The molecule has 0 atom stereocenters. The topological polar surface area (TPSA) is 73.8 Å². The average Bonchev–Trinajstić information content (AvgIpc) is 3.34. The molecule has 0 amide bonds. The molecule has 30 heavy (non-hydrogen) atoms. The van der Waals surface area contributed by atoms with Crippen molar-refractivity contribution in [3.8, 4) is 10.4 Å². The Bertz CT molecular complexity index is 1350. The lowest BCUT2D eigenvalue weighted by Gasteiger charge is -2.08. The minimum absolute atomic E-state index is 0.325. The molecule has 0 radical (unpaired) electrons. The average molecular weight is 442 g/mol. The summed E-state index contributed by atoms with van der Waals surface area (Å²) in [5, 5.41) is 4.03. The van der Waals surface area contributed by atoms with Crippen LogP contribution < -0.4 is 16.6 Å². The third-order valence-corrected chi connectivity index (χ3v) is 6.85. The van der Waals surface area contributed by atoms with Crippen LogP contribution in [0.3, 0.4) is 0 Å². The van der Waals surface area contributed by atoms with E-state index in [1.165, 1.54) is 18.8 Å². The molecule has 3 heterocycles. The van der Waals surface area contributed by atoms with Gasteiger partial charge in [0.05, 0.1) is 6.54 Å². The van der Waals surface area contributed by atoms with E-state index in [0.29, 0.717) is 22.9 Å². The summed E-state index contributed by atoms with van der Waals surface area (Å²) in [6, 6.07) is 12.4. The molecule has 9 heteroatoms. The Labute approximate surface area is 182 Å². The molecular weight excluding hydrogens is 418 g/mol. The molecule has 156 valence electrons. The van der Waals surface area contributed by atoms with Crippen molar-refractivity contribution in [3.63, 3.8) is 0 Å². The normalized spacial score (nSPS) is 11.3. The van der Waals surface area contributed by atoms with Gasteiger partial charge in [-0.2, -0.15) is 0 Å². The lowest BCUT2D eigenvalue weighted by molar-refractivity contribution is 0.671. The van der Waals surface area contributed by atoms with E-state index in [2.05, 4.69) is 35.4 Å². The first-order chi connectivity index (χ1) is 14.4. The predicted octanol–water partition coefficient (Wildman–Crippen LogP) is 3.36. The summed E-state index contributed by atoms with van der Waals surface area (Å²) in [4.78, 5) is 32.2. The van der Waals surface area contributed by atoms with Gasteiger partial charge in [0, 0.05) is 36.1 Å². The van der Waals surface area contributed by atoms with Crippen molar-refractivity contribution in [2.75, 3.05) is 18.1 Å². The Morgan fingerprint density at radius 3 is 2.67 bits per heavy atom. The van der Waals surface area contributed by atoms with Gasteiger partial charge in [-0.15, -0.1) is 11.3 Å². The van der Waals surface area contributed by atoms with E-state index in [0.717, 1.165) is 32.1 Å². The maximum atomic E-state index is 12.9. The third-order valence-electron chi connectivity index (χ3n) is 5.00. The van der Waals surface area contributed by atoms with Crippen LogP contribution in [0.4, 0.5) is 5.69 Å². The summed E-state index contributed by atoms with van der Waals surface area (Å²) in [5.41, 5.74) is 2.40. The number of fused-ring (bicyclic) bond motifs is 1. The van der Waals surface area contributed by atoms with E-state index in [9.17, 15) is 9.59 Å². The number of aromatic nitrogens is 4. The first kappa shape index (κ1) is 20.5. The van der Waals surface area contributed by atoms with Crippen molar-refractivity contribution in [2.45, 2.75) is 18.6 Å². The summed E-state index contributed by atoms with van der Waals surface area (Å²) < 4.78 is 4.49. The Balaban J connectivity index is 1.77. The number of anilines is 1. The quantitative estimate of drug-likeness (QED) is 0.465. The number of nitrogens with zero attached hydrogens (tertiary/aromatic N) is 4. The molecule has 3 aromatic heterocycles. The lowest BCUT2D eigenvalue weighted by atomic mass is 10.1. The van der Waals surface area contributed by atoms with Gasteiger partial charge in [-0.25, -0.2) is 9.78 Å². The molecule has 0 unspecified atom stereocenters. The van der Waals surface area contributed by atoms with Gasteiger partial charge in [0.15, 0.2) is 16.3 Å². The molecule has 0 saturated heterocycles. The van der Waals surface area contributed by atoms with Crippen LogP contribution in [0.1, 0.15) is 11.8 Å². The molecule has 1 N–H and O–H groups in total. The highest BCUT2D eigenvalue weighted by molar-refractivity contribution is 7.98. The number of hydrogen-bond acceptors (Lipinski definition) is 6. The molecule has 0 aliphatic rings. The molecule has 1 aromatic carbocycles. The Morgan fingerprint density at radius 1 is 1.13 bits per heavy atom. The number of imidazole rings is 1. The largest absolute Gasteiger partial charge is 0.385 e. The number of benzene rings is 1. The van der Waals surface area contributed by atoms with Crippen molar-refractivity contribution in [2.24, 2.45) is 14.1 Å². The molecule has 4 rings (SSSR count). The van der Waals surface area contributed by atoms with Crippen molar-refractivity contribution >= 4 is 39.9 Å². The van der Waals surface area contributed by atoms with Crippen LogP contribution in [0.2, 0.25) is 0 Å². The van der Waals surface area contributed by atoms with Crippen molar-refractivity contribution < 1.29 is 0 Å². The molecule has 0 bridgehead atoms. The van der Waals surface area contributed by atoms with Gasteiger partial charge in [0.1, 0.15) is 0 Å². The highest BCUT2D eigenvalue weighted by atomic mass is 32.2. The summed E-state index contributed by atoms with van der Waals surface area (Å²) in [6.45, 7) is 3.31. The van der Waals surface area contributed by atoms with Crippen molar-refractivity contribution in [1.82, 2.24) is 18.7 Å². The number of aryl methyl sites for hydroxylation is 1. The molecule has 0 aliphatic heterocycles. The van der Waals surface area contributed by atoms with Gasteiger partial charge in [0.2, 0.25) is 0 Å². The van der Waals surface area contributed by atoms with E-state index < -0.39 is 0 Å². The highest BCUT2D eigenvalue weighted by Crippen LogP contribution is 2.30. The van der Waals surface area contributed by atoms with E-state index in [1.807, 2.05) is 24.5 Å². The first-order valence-electron chi connectivity index (χ1n) is 9.57. The summed E-state index contributed by atoms with van der Waals surface area (Å²) in [5.74, 6) is 0. The van der Waals surface area contributed by atoms with E-state index in [4.69, 9.17) is 0 Å². The number of thioether (sulfide) groups is 1. The van der Waals surface area contributed by atoms with Gasteiger partial charge >= 0.3 is 5.69 Å². The van der Waals surface area contributed by atoms with Crippen LogP contribution in [0, 0.1) is 0 Å². The molecular formula is C21H23N5O2S2. The fraction of sp³-hybridized carbons (Fsp3) is 0.286. The van der Waals surface area contributed by atoms with Crippen molar-refractivity contribution in [3.05, 3.63) is 62.1 Å². The summed E-state index contributed by atoms with van der Waals surface area (Å²) in [6.07, 6.45) is 1.90. The summed E-state index contributed by atoms with van der Waals surface area (Å²) >= 11 is 3.09. The standard InChI is InChI=1S/C21H23N5O2S2/c1-5-22-14-8-6-7-13(11-14)16-10-9-15(30-16)12-26-18-17(19(27)25(3)21(26)28)24(2)20(23-18)29-4/h6-11,22H,5,12H2,1-4H3. The predicted molar refractivity (Wildman–Crippen MR) is 125 cm³/mol. The van der Waals surface area contributed by atoms with E-state index in [1.54, 1.807) is 27.5 Å². The van der Waals surface area contributed by atoms with Gasteiger partial charge in [-0.3, -0.25) is 13.9 Å². The first-order valence-corrected chi connectivity index (χ1v) is 11.6. The van der Waals surface area contributed by atoms with Crippen LogP contribution in [-0.2, 0) is 20.6 Å². The second kappa shape index (κ2) is 8.16. The number of rotatable bonds is 6. The van der Waals surface area contributed by atoms with Gasteiger partial charge < -0.3 is 9.88 Å². The SMILES string of the molecule is CCNc1cccc(-c2ccc(Cn3c(=O)n(C)c(=O)c4c3nc(SC)n4C)s2)c1. The minimum atomic E-state index is -0.359. The Kier molecular flexibility index (Phi) is 5.57. The minimum Gasteiger partial charge on any atom is -0.385 e.